The Morgan fingerprint density at radius 3 is 2.50 bits per heavy atom. The van der Waals surface area contributed by atoms with Gasteiger partial charge in [0.1, 0.15) is 0 Å². The SMILES string of the molecule is Cc1cccc(NCC(=O)Nc2ccccc2C(F)(F)F)c1. The van der Waals surface area contributed by atoms with E-state index in [4.69, 9.17) is 0 Å². The molecule has 6 heteroatoms. The van der Waals surface area contributed by atoms with Crippen molar-refractivity contribution in [1.29, 1.82) is 0 Å². The van der Waals surface area contributed by atoms with Crippen LogP contribution in [0.25, 0.3) is 0 Å². The first-order valence-corrected chi connectivity index (χ1v) is 6.63. The maximum Gasteiger partial charge on any atom is 0.418 e. The van der Waals surface area contributed by atoms with Crippen molar-refractivity contribution in [1.82, 2.24) is 0 Å². The molecule has 116 valence electrons. The molecule has 0 heterocycles. The van der Waals surface area contributed by atoms with Gasteiger partial charge in [-0.15, -0.1) is 0 Å². The second kappa shape index (κ2) is 6.51. The fourth-order valence-electron chi connectivity index (χ4n) is 1.97. The van der Waals surface area contributed by atoms with Crippen LogP contribution in [0.2, 0.25) is 0 Å². The van der Waals surface area contributed by atoms with Crippen LogP contribution < -0.4 is 10.6 Å². The Morgan fingerprint density at radius 1 is 1.09 bits per heavy atom. The highest BCUT2D eigenvalue weighted by molar-refractivity contribution is 5.94. The van der Waals surface area contributed by atoms with E-state index < -0.39 is 17.6 Å². The number of benzene rings is 2. The van der Waals surface area contributed by atoms with Gasteiger partial charge in [-0.25, -0.2) is 0 Å². The average Bonchev–Trinajstić information content (AvgIpc) is 2.45. The molecule has 0 atom stereocenters. The minimum Gasteiger partial charge on any atom is -0.376 e. The summed E-state index contributed by atoms with van der Waals surface area (Å²) in [6.45, 7) is 1.79. The van der Waals surface area contributed by atoms with Crippen molar-refractivity contribution in [2.24, 2.45) is 0 Å². The first-order valence-electron chi connectivity index (χ1n) is 6.63. The van der Waals surface area contributed by atoms with E-state index in [1.54, 1.807) is 6.07 Å². The van der Waals surface area contributed by atoms with E-state index in [0.29, 0.717) is 0 Å². The Morgan fingerprint density at radius 2 is 1.82 bits per heavy atom. The highest BCUT2D eigenvalue weighted by Crippen LogP contribution is 2.34. The summed E-state index contributed by atoms with van der Waals surface area (Å²) in [5.74, 6) is -0.543. The van der Waals surface area contributed by atoms with Crippen molar-refractivity contribution < 1.29 is 18.0 Å². The Hall–Kier alpha value is -2.50. The molecule has 0 unspecified atom stereocenters. The summed E-state index contributed by atoms with van der Waals surface area (Å²) in [4.78, 5) is 11.8. The standard InChI is InChI=1S/C16H15F3N2O/c1-11-5-4-6-12(9-11)20-10-15(22)21-14-8-3-2-7-13(14)16(17,18)19/h2-9,20H,10H2,1H3,(H,21,22). The van der Waals surface area contributed by atoms with Crippen LogP contribution in [0, 0.1) is 6.92 Å². The Balaban J connectivity index is 2.01. The van der Waals surface area contributed by atoms with E-state index in [2.05, 4.69) is 10.6 Å². The molecule has 2 N–H and O–H groups in total. The molecule has 3 nitrogen and oxygen atoms in total. The van der Waals surface area contributed by atoms with Gasteiger partial charge < -0.3 is 10.6 Å². The molecular formula is C16H15F3N2O. The lowest BCUT2D eigenvalue weighted by molar-refractivity contribution is -0.137. The third-order valence-corrected chi connectivity index (χ3v) is 2.98. The van der Waals surface area contributed by atoms with E-state index in [1.807, 2.05) is 25.1 Å². The second-order valence-electron chi connectivity index (χ2n) is 4.81. The van der Waals surface area contributed by atoms with Crippen molar-refractivity contribution >= 4 is 17.3 Å². The van der Waals surface area contributed by atoms with Gasteiger partial charge in [-0.1, -0.05) is 24.3 Å². The Labute approximate surface area is 126 Å². The number of rotatable bonds is 4. The normalized spacial score (nSPS) is 11.1. The molecule has 2 aromatic carbocycles. The number of aryl methyl sites for hydroxylation is 1. The molecule has 22 heavy (non-hydrogen) atoms. The maximum atomic E-state index is 12.8. The third kappa shape index (κ3) is 4.25. The summed E-state index contributed by atoms with van der Waals surface area (Å²) in [6.07, 6.45) is -4.51. The van der Waals surface area contributed by atoms with Crippen LogP contribution >= 0.6 is 0 Å². The molecule has 0 aliphatic carbocycles. The molecule has 0 aliphatic heterocycles. The van der Waals surface area contributed by atoms with Gasteiger partial charge in [-0.05, 0) is 36.8 Å². The number of anilines is 2. The van der Waals surface area contributed by atoms with Crippen molar-refractivity contribution in [3.63, 3.8) is 0 Å². The topological polar surface area (TPSA) is 41.1 Å². The van der Waals surface area contributed by atoms with Gasteiger partial charge in [0.25, 0.3) is 0 Å². The van der Waals surface area contributed by atoms with Gasteiger partial charge in [0.15, 0.2) is 0 Å². The van der Waals surface area contributed by atoms with Crippen LogP contribution in [0.3, 0.4) is 0 Å². The van der Waals surface area contributed by atoms with Gasteiger partial charge in [0, 0.05) is 5.69 Å². The number of nitrogens with one attached hydrogen (secondary N) is 2. The Kier molecular flexibility index (Phi) is 4.70. The van der Waals surface area contributed by atoms with Crippen LogP contribution in [0.1, 0.15) is 11.1 Å². The van der Waals surface area contributed by atoms with Crippen LogP contribution in [-0.2, 0) is 11.0 Å². The predicted molar refractivity (Wildman–Crippen MR) is 79.7 cm³/mol. The van der Waals surface area contributed by atoms with Crippen LogP contribution in [0.5, 0.6) is 0 Å². The minimum atomic E-state index is -4.51. The zero-order valence-corrected chi connectivity index (χ0v) is 11.9. The largest absolute Gasteiger partial charge is 0.418 e. The molecule has 0 aliphatic rings. The summed E-state index contributed by atoms with van der Waals surface area (Å²) < 4.78 is 38.5. The molecule has 0 aromatic heterocycles. The van der Waals surface area contributed by atoms with E-state index in [0.717, 1.165) is 17.3 Å². The van der Waals surface area contributed by atoms with Crippen molar-refractivity contribution in [3.05, 3.63) is 59.7 Å². The smallest absolute Gasteiger partial charge is 0.376 e. The average molecular weight is 308 g/mol. The second-order valence-corrected chi connectivity index (χ2v) is 4.81. The maximum absolute atomic E-state index is 12.8. The number of hydrogen-bond acceptors (Lipinski definition) is 2. The van der Waals surface area contributed by atoms with Gasteiger partial charge >= 0.3 is 6.18 Å². The number of hydrogen-bond donors (Lipinski definition) is 2. The third-order valence-electron chi connectivity index (χ3n) is 2.98. The predicted octanol–water partition coefficient (Wildman–Crippen LogP) is 4.06. The lowest BCUT2D eigenvalue weighted by atomic mass is 10.1. The van der Waals surface area contributed by atoms with Gasteiger partial charge in [-0.2, -0.15) is 13.2 Å². The summed E-state index contributed by atoms with van der Waals surface area (Å²) in [6, 6.07) is 12.2. The molecule has 0 radical (unpaired) electrons. The van der Waals surface area contributed by atoms with E-state index >= 15 is 0 Å². The minimum absolute atomic E-state index is 0.115. The van der Waals surface area contributed by atoms with Gasteiger partial charge in [0.2, 0.25) is 5.91 Å². The fourth-order valence-corrected chi connectivity index (χ4v) is 1.97. The molecular weight excluding hydrogens is 293 g/mol. The van der Waals surface area contributed by atoms with Gasteiger partial charge in [-0.3, -0.25) is 4.79 Å². The summed E-state index contributed by atoms with van der Waals surface area (Å²) in [5.41, 5.74) is 0.650. The van der Waals surface area contributed by atoms with E-state index in [9.17, 15) is 18.0 Å². The first kappa shape index (κ1) is 15.9. The van der Waals surface area contributed by atoms with Crippen LogP contribution in [-0.4, -0.2) is 12.5 Å². The lowest BCUT2D eigenvalue weighted by Gasteiger charge is -2.14. The zero-order valence-electron chi connectivity index (χ0n) is 11.9. The molecule has 2 aromatic rings. The molecule has 0 spiro atoms. The summed E-state index contributed by atoms with van der Waals surface area (Å²) in [5, 5.41) is 5.15. The molecule has 0 fully saturated rings. The zero-order chi connectivity index (χ0) is 16.2. The quantitative estimate of drug-likeness (QED) is 0.894. The number of carbonyl (C=O) groups excluding carboxylic acids is 1. The fraction of sp³-hybridized carbons (Fsp3) is 0.188. The highest BCUT2D eigenvalue weighted by Gasteiger charge is 2.33. The molecule has 2 rings (SSSR count). The molecule has 0 bridgehead atoms. The molecule has 1 amide bonds. The van der Waals surface area contributed by atoms with Crippen molar-refractivity contribution in [2.75, 3.05) is 17.2 Å². The van der Waals surface area contributed by atoms with Crippen LogP contribution in [0.4, 0.5) is 24.5 Å². The highest BCUT2D eigenvalue weighted by atomic mass is 19.4. The number of amides is 1. The van der Waals surface area contributed by atoms with Gasteiger partial charge in [0.05, 0.1) is 17.8 Å². The number of carbonyl (C=O) groups is 1. The lowest BCUT2D eigenvalue weighted by Crippen LogP contribution is -2.23. The van der Waals surface area contributed by atoms with Crippen molar-refractivity contribution in [3.8, 4) is 0 Å². The Bertz CT molecular complexity index is 668. The van der Waals surface area contributed by atoms with E-state index in [1.165, 1.54) is 18.2 Å². The number of halogens is 3. The molecule has 0 saturated heterocycles. The van der Waals surface area contributed by atoms with E-state index in [-0.39, 0.29) is 12.2 Å². The van der Waals surface area contributed by atoms with Crippen LogP contribution in [0.15, 0.2) is 48.5 Å². The number of alkyl halides is 3. The summed E-state index contributed by atoms with van der Waals surface area (Å²) >= 11 is 0. The number of para-hydroxylation sites is 1. The first-order chi connectivity index (χ1) is 10.4. The summed E-state index contributed by atoms with van der Waals surface area (Å²) in [7, 11) is 0. The monoisotopic (exact) mass is 308 g/mol. The molecule has 0 saturated carbocycles. The van der Waals surface area contributed by atoms with Crippen molar-refractivity contribution in [2.45, 2.75) is 13.1 Å².